The summed E-state index contributed by atoms with van der Waals surface area (Å²) >= 11 is 0. The minimum Gasteiger partial charge on any atom is -0.394 e. The molecule has 0 bridgehead atoms. The van der Waals surface area contributed by atoms with Gasteiger partial charge in [-0.25, -0.2) is 10.2 Å². The van der Waals surface area contributed by atoms with Gasteiger partial charge in [0, 0.05) is 0 Å². The Labute approximate surface area is 84.9 Å². The quantitative estimate of drug-likeness (QED) is 0.160. The number of rotatable bonds is 5. The van der Waals surface area contributed by atoms with Gasteiger partial charge >= 0.3 is 0 Å². The minimum absolute atomic E-state index is 0.0258. The number of aldehydes is 1. The van der Waals surface area contributed by atoms with Gasteiger partial charge in [-0.1, -0.05) is 0 Å². The molecule has 0 aliphatic rings. The van der Waals surface area contributed by atoms with Crippen molar-refractivity contribution in [3.63, 3.8) is 0 Å². The predicted octanol–water partition coefficient (Wildman–Crippen LogP) is -3.48. The Morgan fingerprint density at radius 2 is 1.60 bits per heavy atom. The summed E-state index contributed by atoms with van der Waals surface area (Å²) in [4.78, 5) is 18.2. The standard InChI is InChI=1S/C6H12O6.CHNO/c7-1-3(9)5(11)6(12)4(10)2-8;2-1-3/h1,3-6,8-12H,2H2;2H. The third kappa shape index (κ3) is 6.86. The summed E-state index contributed by atoms with van der Waals surface area (Å²) in [5, 5.41) is 48.9. The molecule has 88 valence electrons. The van der Waals surface area contributed by atoms with Crippen molar-refractivity contribution in [1.29, 1.82) is 5.41 Å². The van der Waals surface area contributed by atoms with Gasteiger partial charge in [0.15, 0.2) is 6.29 Å². The van der Waals surface area contributed by atoms with E-state index >= 15 is 0 Å². The molecule has 0 aliphatic heterocycles. The molecule has 15 heavy (non-hydrogen) atoms. The Morgan fingerprint density at radius 1 is 1.20 bits per heavy atom. The lowest BCUT2D eigenvalue weighted by Crippen LogP contribution is -2.46. The number of carbonyl (C=O) groups excluding carboxylic acids is 2. The maximum Gasteiger partial charge on any atom is 0.231 e. The van der Waals surface area contributed by atoms with E-state index in [-0.39, 0.29) is 6.29 Å². The van der Waals surface area contributed by atoms with E-state index in [1.54, 1.807) is 0 Å². The first-order valence-electron chi connectivity index (χ1n) is 3.78. The van der Waals surface area contributed by atoms with E-state index in [1.807, 2.05) is 0 Å². The van der Waals surface area contributed by atoms with Gasteiger partial charge in [-0.3, -0.25) is 0 Å². The summed E-state index contributed by atoms with van der Waals surface area (Å²) in [6, 6.07) is 0. The van der Waals surface area contributed by atoms with Crippen molar-refractivity contribution in [3.05, 3.63) is 0 Å². The second kappa shape index (κ2) is 9.41. The van der Waals surface area contributed by atoms with Crippen molar-refractivity contribution in [2.24, 2.45) is 0 Å². The van der Waals surface area contributed by atoms with Gasteiger partial charge in [-0.15, -0.1) is 0 Å². The SMILES string of the molecule is N=C=O.O=CC(O)C(O)C(O)C(O)CO. The third-order valence-electron chi connectivity index (χ3n) is 1.42. The Kier molecular flexibility index (Phi) is 10.2. The molecule has 0 amide bonds. The van der Waals surface area contributed by atoms with E-state index in [0.29, 0.717) is 0 Å². The van der Waals surface area contributed by atoms with Crippen LogP contribution in [0.2, 0.25) is 0 Å². The monoisotopic (exact) mass is 223 g/mol. The van der Waals surface area contributed by atoms with E-state index in [0.717, 1.165) is 6.08 Å². The van der Waals surface area contributed by atoms with Crippen LogP contribution in [-0.2, 0) is 9.59 Å². The highest BCUT2D eigenvalue weighted by atomic mass is 16.4. The van der Waals surface area contributed by atoms with Crippen LogP contribution < -0.4 is 0 Å². The van der Waals surface area contributed by atoms with Crippen LogP contribution in [0.4, 0.5) is 0 Å². The molecule has 0 aromatic heterocycles. The zero-order chi connectivity index (χ0) is 12.4. The van der Waals surface area contributed by atoms with Gasteiger partial charge in [-0.2, -0.15) is 0 Å². The average molecular weight is 223 g/mol. The molecule has 4 atom stereocenters. The molecule has 0 fully saturated rings. The topological polar surface area (TPSA) is 159 Å². The molecular weight excluding hydrogens is 210 g/mol. The minimum atomic E-state index is -1.79. The molecule has 0 aromatic rings. The first kappa shape index (κ1) is 16.3. The number of carbonyl (C=O) groups is 1. The fourth-order valence-electron chi connectivity index (χ4n) is 0.618. The fourth-order valence-corrected chi connectivity index (χ4v) is 0.618. The number of isocyanates is 1. The largest absolute Gasteiger partial charge is 0.394 e. The zero-order valence-electron chi connectivity index (χ0n) is 7.65. The van der Waals surface area contributed by atoms with E-state index in [4.69, 9.17) is 35.7 Å². The van der Waals surface area contributed by atoms with E-state index in [1.165, 1.54) is 0 Å². The van der Waals surface area contributed by atoms with Crippen molar-refractivity contribution in [2.45, 2.75) is 24.4 Å². The number of hydrogen-bond acceptors (Lipinski definition) is 8. The number of aliphatic hydroxyl groups is 5. The van der Waals surface area contributed by atoms with Crippen molar-refractivity contribution >= 4 is 12.4 Å². The van der Waals surface area contributed by atoms with Gasteiger partial charge in [0.05, 0.1) is 6.61 Å². The summed E-state index contributed by atoms with van der Waals surface area (Å²) < 4.78 is 0. The van der Waals surface area contributed by atoms with Gasteiger partial charge in [-0.05, 0) is 0 Å². The number of hydrogen-bond donors (Lipinski definition) is 6. The fraction of sp³-hybridized carbons (Fsp3) is 0.714. The average Bonchev–Trinajstić information content (AvgIpc) is 2.25. The molecule has 0 spiro atoms. The van der Waals surface area contributed by atoms with Crippen LogP contribution in [0.5, 0.6) is 0 Å². The van der Waals surface area contributed by atoms with Crippen LogP contribution in [0.15, 0.2) is 0 Å². The van der Waals surface area contributed by atoms with Crippen LogP contribution in [0.3, 0.4) is 0 Å². The Bertz CT molecular complexity index is 204. The molecular formula is C7H13NO7. The Hall–Kier alpha value is -1.15. The maximum absolute atomic E-state index is 9.90. The second-order valence-corrected chi connectivity index (χ2v) is 2.46. The second-order valence-electron chi connectivity index (χ2n) is 2.46. The highest BCUT2D eigenvalue weighted by Gasteiger charge is 2.29. The van der Waals surface area contributed by atoms with E-state index in [2.05, 4.69) is 0 Å². The zero-order valence-corrected chi connectivity index (χ0v) is 7.65. The number of nitrogens with one attached hydrogen (secondary N) is 1. The summed E-state index contributed by atoms with van der Waals surface area (Å²) in [7, 11) is 0. The highest BCUT2D eigenvalue weighted by molar-refractivity contribution is 5.56. The van der Waals surface area contributed by atoms with Gasteiger partial charge in [0.25, 0.3) is 0 Å². The molecule has 0 heterocycles. The van der Waals surface area contributed by atoms with Crippen molar-refractivity contribution in [2.75, 3.05) is 6.61 Å². The Morgan fingerprint density at radius 3 is 1.87 bits per heavy atom. The van der Waals surface area contributed by atoms with Crippen LogP contribution in [-0.4, -0.2) is 68.9 Å². The molecule has 0 saturated heterocycles. The van der Waals surface area contributed by atoms with Crippen molar-refractivity contribution < 1.29 is 35.1 Å². The highest BCUT2D eigenvalue weighted by Crippen LogP contribution is 2.02. The molecule has 0 aromatic carbocycles. The van der Waals surface area contributed by atoms with E-state index in [9.17, 15) is 4.79 Å². The molecule has 8 nitrogen and oxygen atoms in total. The first-order valence-corrected chi connectivity index (χ1v) is 3.78. The summed E-state index contributed by atoms with van der Waals surface area (Å²) in [6.45, 7) is -0.760. The van der Waals surface area contributed by atoms with E-state index < -0.39 is 31.0 Å². The summed E-state index contributed by atoms with van der Waals surface area (Å²) in [5.41, 5.74) is 0. The van der Waals surface area contributed by atoms with Crippen LogP contribution in [0.25, 0.3) is 0 Å². The van der Waals surface area contributed by atoms with Crippen molar-refractivity contribution in [3.8, 4) is 0 Å². The number of aliphatic hydroxyl groups excluding tert-OH is 5. The molecule has 0 rings (SSSR count). The molecule has 0 aliphatic carbocycles. The molecule has 0 saturated carbocycles. The van der Waals surface area contributed by atoms with Gasteiger partial charge in [0.2, 0.25) is 6.08 Å². The molecule has 4 unspecified atom stereocenters. The first-order chi connectivity index (χ1) is 6.95. The maximum atomic E-state index is 9.90. The van der Waals surface area contributed by atoms with Crippen LogP contribution >= 0.6 is 0 Å². The third-order valence-corrected chi connectivity index (χ3v) is 1.42. The lowest BCUT2D eigenvalue weighted by atomic mass is 10.0. The van der Waals surface area contributed by atoms with Crippen molar-refractivity contribution in [1.82, 2.24) is 0 Å². The lowest BCUT2D eigenvalue weighted by molar-refractivity contribution is -0.136. The lowest BCUT2D eigenvalue weighted by Gasteiger charge is -2.22. The molecule has 6 N–H and O–H groups in total. The predicted molar refractivity (Wildman–Crippen MR) is 45.6 cm³/mol. The smallest absolute Gasteiger partial charge is 0.231 e. The van der Waals surface area contributed by atoms with Gasteiger partial charge in [0.1, 0.15) is 24.4 Å². The normalized spacial score (nSPS) is 17.4. The summed E-state index contributed by atoms with van der Waals surface area (Å²) in [5.74, 6) is 0. The molecule has 0 radical (unpaired) electrons. The van der Waals surface area contributed by atoms with Crippen LogP contribution in [0, 0.1) is 5.41 Å². The summed E-state index contributed by atoms with van der Waals surface area (Å²) in [6.07, 6.45) is -6.09. The Balaban J connectivity index is 0. The van der Waals surface area contributed by atoms with Gasteiger partial charge < -0.3 is 30.3 Å². The molecule has 8 heteroatoms. The van der Waals surface area contributed by atoms with Crippen LogP contribution in [0.1, 0.15) is 0 Å².